The molecule has 0 aliphatic carbocycles. The molecule has 2 heterocycles. The van der Waals surface area contributed by atoms with Gasteiger partial charge in [-0.25, -0.2) is 0 Å². The van der Waals surface area contributed by atoms with E-state index in [1.165, 1.54) is 5.56 Å². The minimum atomic E-state index is 0.451. The smallest absolute Gasteiger partial charge is 0.157 e. The van der Waals surface area contributed by atoms with Crippen LogP contribution in [0.15, 0.2) is 58.1 Å². The van der Waals surface area contributed by atoms with Gasteiger partial charge < -0.3 is 9.73 Å². The van der Waals surface area contributed by atoms with Crippen molar-refractivity contribution in [3.63, 3.8) is 0 Å². The summed E-state index contributed by atoms with van der Waals surface area (Å²) in [5, 5.41) is 4.87. The Morgan fingerprint density at radius 1 is 1.21 bits per heavy atom. The molecule has 19 heavy (non-hydrogen) atoms. The molecular formula is C15H16N2OS. The molecule has 2 aromatic rings. The summed E-state index contributed by atoms with van der Waals surface area (Å²) >= 11 is 1.81. The minimum Gasteiger partial charge on any atom is -0.469 e. The number of nitrogens with one attached hydrogen (secondary N) is 1. The van der Waals surface area contributed by atoms with Crippen LogP contribution in [0.4, 0.5) is 0 Å². The van der Waals surface area contributed by atoms with Gasteiger partial charge in [0.1, 0.15) is 5.76 Å². The molecule has 0 amide bonds. The maximum Gasteiger partial charge on any atom is 0.157 e. The molecule has 1 N–H and O–H groups in total. The molecular weight excluding hydrogens is 256 g/mol. The molecule has 0 saturated carbocycles. The predicted molar refractivity (Wildman–Crippen MR) is 79.5 cm³/mol. The van der Waals surface area contributed by atoms with E-state index in [0.29, 0.717) is 5.25 Å². The maximum atomic E-state index is 5.30. The molecule has 1 aromatic carbocycles. The van der Waals surface area contributed by atoms with Crippen LogP contribution < -0.4 is 5.32 Å². The Labute approximate surface area is 117 Å². The molecule has 1 aliphatic rings. The van der Waals surface area contributed by atoms with Crippen LogP contribution in [0.1, 0.15) is 16.6 Å². The molecule has 1 aromatic heterocycles. The second-order valence-electron chi connectivity index (χ2n) is 4.42. The highest BCUT2D eigenvalue weighted by Crippen LogP contribution is 2.33. The van der Waals surface area contributed by atoms with Crippen LogP contribution in [-0.2, 0) is 6.42 Å². The molecule has 3 rings (SSSR count). The zero-order chi connectivity index (χ0) is 12.9. The number of amidine groups is 1. The second kappa shape index (κ2) is 5.97. The molecule has 0 saturated heterocycles. The summed E-state index contributed by atoms with van der Waals surface area (Å²) in [4.78, 5) is 4.55. The van der Waals surface area contributed by atoms with Crippen LogP contribution in [0.2, 0.25) is 0 Å². The number of furan rings is 1. The van der Waals surface area contributed by atoms with Crippen LogP contribution in [0.5, 0.6) is 0 Å². The van der Waals surface area contributed by atoms with Crippen molar-refractivity contribution in [2.24, 2.45) is 4.99 Å². The van der Waals surface area contributed by atoms with Crippen LogP contribution in [0, 0.1) is 0 Å². The van der Waals surface area contributed by atoms with Gasteiger partial charge in [0, 0.05) is 13.0 Å². The van der Waals surface area contributed by atoms with Crippen molar-refractivity contribution in [3.05, 3.63) is 60.1 Å². The van der Waals surface area contributed by atoms with E-state index >= 15 is 0 Å². The van der Waals surface area contributed by atoms with Crippen molar-refractivity contribution < 1.29 is 4.42 Å². The van der Waals surface area contributed by atoms with E-state index in [2.05, 4.69) is 34.6 Å². The fourth-order valence-electron chi connectivity index (χ4n) is 2.06. The van der Waals surface area contributed by atoms with Gasteiger partial charge in [-0.3, -0.25) is 4.99 Å². The van der Waals surface area contributed by atoms with Crippen molar-refractivity contribution in [2.75, 3.05) is 13.1 Å². The van der Waals surface area contributed by atoms with Gasteiger partial charge in [0.25, 0.3) is 0 Å². The first-order chi connectivity index (χ1) is 9.42. The third-order valence-electron chi connectivity index (χ3n) is 3.05. The number of thioether (sulfide) groups is 1. The molecule has 0 bridgehead atoms. The molecule has 3 nitrogen and oxygen atoms in total. The molecule has 1 unspecified atom stereocenters. The van der Waals surface area contributed by atoms with E-state index in [1.54, 1.807) is 6.26 Å². The third-order valence-corrected chi connectivity index (χ3v) is 4.26. The summed E-state index contributed by atoms with van der Waals surface area (Å²) in [6, 6.07) is 14.5. The van der Waals surface area contributed by atoms with Crippen LogP contribution in [-0.4, -0.2) is 18.3 Å². The van der Waals surface area contributed by atoms with Gasteiger partial charge in [-0.15, -0.1) is 0 Å². The number of hydrogen-bond donors (Lipinski definition) is 1. The number of hydrogen-bond acceptors (Lipinski definition) is 4. The first kappa shape index (κ1) is 12.4. The van der Waals surface area contributed by atoms with E-state index in [4.69, 9.17) is 4.42 Å². The van der Waals surface area contributed by atoms with Crippen LogP contribution >= 0.6 is 11.8 Å². The average Bonchev–Trinajstić information content (AvgIpc) is 3.11. The predicted octanol–water partition coefficient (Wildman–Crippen LogP) is 3.26. The van der Waals surface area contributed by atoms with Gasteiger partial charge >= 0.3 is 0 Å². The maximum absolute atomic E-state index is 5.30. The number of rotatable bonds is 4. The Bertz CT molecular complexity index is 537. The quantitative estimate of drug-likeness (QED) is 0.928. The van der Waals surface area contributed by atoms with E-state index in [1.807, 2.05) is 30.0 Å². The SMILES string of the molecule is c1ccc(C2CN=C(NCCc3ccco3)S2)cc1. The van der Waals surface area contributed by atoms with Gasteiger partial charge in [-0.05, 0) is 17.7 Å². The summed E-state index contributed by atoms with van der Waals surface area (Å²) in [5.74, 6) is 1.01. The lowest BCUT2D eigenvalue weighted by atomic mass is 10.1. The number of aliphatic imine (C=N–C) groups is 1. The van der Waals surface area contributed by atoms with E-state index < -0.39 is 0 Å². The lowest BCUT2D eigenvalue weighted by Gasteiger charge is -2.08. The van der Waals surface area contributed by atoms with Gasteiger partial charge in [-0.2, -0.15) is 0 Å². The number of benzene rings is 1. The fourth-order valence-corrected chi connectivity index (χ4v) is 3.11. The zero-order valence-electron chi connectivity index (χ0n) is 10.6. The Morgan fingerprint density at radius 3 is 2.89 bits per heavy atom. The van der Waals surface area contributed by atoms with E-state index in [9.17, 15) is 0 Å². The van der Waals surface area contributed by atoms with Crippen LogP contribution in [0.3, 0.4) is 0 Å². The molecule has 1 aliphatic heterocycles. The highest BCUT2D eigenvalue weighted by atomic mass is 32.2. The minimum absolute atomic E-state index is 0.451. The van der Waals surface area contributed by atoms with E-state index in [0.717, 1.165) is 30.4 Å². The normalized spacial score (nSPS) is 18.3. The zero-order valence-corrected chi connectivity index (χ0v) is 11.4. The first-order valence-electron chi connectivity index (χ1n) is 6.44. The lowest BCUT2D eigenvalue weighted by molar-refractivity contribution is 0.507. The summed E-state index contributed by atoms with van der Waals surface area (Å²) in [7, 11) is 0. The largest absolute Gasteiger partial charge is 0.469 e. The molecule has 98 valence electrons. The monoisotopic (exact) mass is 272 g/mol. The first-order valence-corrected chi connectivity index (χ1v) is 7.32. The van der Waals surface area contributed by atoms with Crippen LogP contribution in [0.25, 0.3) is 0 Å². The third kappa shape index (κ3) is 3.20. The lowest BCUT2D eigenvalue weighted by Crippen LogP contribution is -2.21. The topological polar surface area (TPSA) is 37.5 Å². The van der Waals surface area contributed by atoms with Crippen molar-refractivity contribution in [3.8, 4) is 0 Å². The van der Waals surface area contributed by atoms with Crippen molar-refractivity contribution in [2.45, 2.75) is 11.7 Å². The van der Waals surface area contributed by atoms with Gasteiger partial charge in [0.05, 0.1) is 18.1 Å². The highest BCUT2D eigenvalue weighted by Gasteiger charge is 2.20. The Kier molecular flexibility index (Phi) is 3.89. The highest BCUT2D eigenvalue weighted by molar-refractivity contribution is 8.14. The van der Waals surface area contributed by atoms with Crippen molar-refractivity contribution in [1.82, 2.24) is 5.32 Å². The fraction of sp³-hybridized carbons (Fsp3) is 0.267. The Morgan fingerprint density at radius 2 is 2.11 bits per heavy atom. The van der Waals surface area contributed by atoms with Gasteiger partial charge in [0.15, 0.2) is 5.17 Å². The standard InChI is InChI=1S/C15H16N2OS/c1-2-5-12(6-3-1)14-11-17-15(19-14)16-9-8-13-7-4-10-18-13/h1-7,10,14H,8-9,11H2,(H,16,17). The molecule has 1 atom stereocenters. The molecule has 0 spiro atoms. The van der Waals surface area contributed by atoms with Gasteiger partial charge in [0.2, 0.25) is 0 Å². The molecule has 4 heteroatoms. The van der Waals surface area contributed by atoms with Gasteiger partial charge in [-0.1, -0.05) is 42.1 Å². The van der Waals surface area contributed by atoms with E-state index in [-0.39, 0.29) is 0 Å². The number of nitrogens with zero attached hydrogens (tertiary/aromatic N) is 1. The molecule has 0 radical (unpaired) electrons. The average molecular weight is 272 g/mol. The Balaban J connectivity index is 1.47. The summed E-state index contributed by atoms with van der Waals surface area (Å²) in [6.45, 7) is 1.72. The summed E-state index contributed by atoms with van der Waals surface area (Å²) < 4.78 is 5.30. The second-order valence-corrected chi connectivity index (χ2v) is 5.61. The van der Waals surface area contributed by atoms with Crippen molar-refractivity contribution >= 4 is 16.9 Å². The molecule has 0 fully saturated rings. The summed E-state index contributed by atoms with van der Waals surface area (Å²) in [6.07, 6.45) is 2.60. The summed E-state index contributed by atoms with van der Waals surface area (Å²) in [5.41, 5.74) is 1.35. The Hall–Kier alpha value is -1.68. The van der Waals surface area contributed by atoms with Crippen molar-refractivity contribution in [1.29, 1.82) is 0 Å².